The SMILES string of the molecule is CCCNC(Cc1ccc(Cl)cc1)c1cccc(Cl)c1. The Morgan fingerprint density at radius 1 is 1.00 bits per heavy atom. The molecule has 0 bridgehead atoms. The molecule has 0 saturated heterocycles. The van der Waals surface area contributed by atoms with Gasteiger partial charge in [0.25, 0.3) is 0 Å². The molecule has 3 heteroatoms. The van der Waals surface area contributed by atoms with Gasteiger partial charge in [-0.2, -0.15) is 0 Å². The van der Waals surface area contributed by atoms with Crippen molar-refractivity contribution in [1.82, 2.24) is 5.32 Å². The van der Waals surface area contributed by atoms with Crippen molar-refractivity contribution in [1.29, 1.82) is 0 Å². The molecule has 0 aromatic heterocycles. The first-order valence-corrected chi connectivity index (χ1v) is 7.68. The Bertz CT molecular complexity index is 537. The van der Waals surface area contributed by atoms with Crippen molar-refractivity contribution >= 4 is 23.2 Å². The number of halogens is 2. The van der Waals surface area contributed by atoms with E-state index < -0.39 is 0 Å². The summed E-state index contributed by atoms with van der Waals surface area (Å²) >= 11 is 12.0. The Morgan fingerprint density at radius 3 is 2.40 bits per heavy atom. The van der Waals surface area contributed by atoms with Gasteiger partial charge in [-0.05, 0) is 54.8 Å². The van der Waals surface area contributed by atoms with E-state index in [2.05, 4.69) is 30.4 Å². The van der Waals surface area contributed by atoms with Crippen molar-refractivity contribution in [3.8, 4) is 0 Å². The molecule has 106 valence electrons. The minimum atomic E-state index is 0.273. The Kier molecular flexibility index (Phi) is 5.90. The molecule has 0 heterocycles. The monoisotopic (exact) mass is 307 g/mol. The predicted molar refractivity (Wildman–Crippen MR) is 87.6 cm³/mol. The van der Waals surface area contributed by atoms with E-state index >= 15 is 0 Å². The Balaban J connectivity index is 2.16. The van der Waals surface area contributed by atoms with E-state index in [1.165, 1.54) is 11.1 Å². The molecule has 1 N–H and O–H groups in total. The van der Waals surface area contributed by atoms with Crippen molar-refractivity contribution in [2.75, 3.05) is 6.54 Å². The zero-order valence-corrected chi connectivity index (χ0v) is 13.1. The molecule has 0 aliphatic heterocycles. The highest BCUT2D eigenvalue weighted by molar-refractivity contribution is 6.30. The van der Waals surface area contributed by atoms with Crippen LogP contribution in [-0.2, 0) is 6.42 Å². The highest BCUT2D eigenvalue weighted by atomic mass is 35.5. The van der Waals surface area contributed by atoms with Crippen molar-refractivity contribution in [2.45, 2.75) is 25.8 Å². The average Bonchev–Trinajstić information content (AvgIpc) is 2.45. The van der Waals surface area contributed by atoms with Gasteiger partial charge in [0, 0.05) is 16.1 Å². The zero-order valence-electron chi connectivity index (χ0n) is 11.6. The van der Waals surface area contributed by atoms with Gasteiger partial charge in [0.1, 0.15) is 0 Å². The lowest BCUT2D eigenvalue weighted by molar-refractivity contribution is 0.529. The lowest BCUT2D eigenvalue weighted by atomic mass is 9.99. The van der Waals surface area contributed by atoms with E-state index in [9.17, 15) is 0 Å². The maximum absolute atomic E-state index is 6.10. The molecule has 2 rings (SSSR count). The third kappa shape index (κ3) is 4.52. The smallest absolute Gasteiger partial charge is 0.0409 e. The van der Waals surface area contributed by atoms with Gasteiger partial charge < -0.3 is 5.32 Å². The molecule has 0 aliphatic carbocycles. The number of hydrogen-bond donors (Lipinski definition) is 1. The standard InChI is InChI=1S/C17H19Cl2N/c1-2-10-20-17(14-4-3-5-16(19)12-14)11-13-6-8-15(18)9-7-13/h3-9,12,17,20H,2,10-11H2,1H3. The van der Waals surface area contributed by atoms with Gasteiger partial charge in [-0.15, -0.1) is 0 Å². The molecular weight excluding hydrogens is 289 g/mol. The van der Waals surface area contributed by atoms with Crippen LogP contribution in [0.15, 0.2) is 48.5 Å². The molecule has 1 unspecified atom stereocenters. The number of benzene rings is 2. The van der Waals surface area contributed by atoms with Crippen LogP contribution in [0, 0.1) is 0 Å². The minimum Gasteiger partial charge on any atom is -0.310 e. The molecule has 2 aromatic rings. The second-order valence-electron chi connectivity index (χ2n) is 4.89. The summed E-state index contributed by atoms with van der Waals surface area (Å²) in [7, 11) is 0. The van der Waals surface area contributed by atoms with Crippen molar-refractivity contribution < 1.29 is 0 Å². The summed E-state index contributed by atoms with van der Waals surface area (Å²) in [6.45, 7) is 3.16. The van der Waals surface area contributed by atoms with E-state index in [-0.39, 0.29) is 6.04 Å². The van der Waals surface area contributed by atoms with E-state index in [1.54, 1.807) is 0 Å². The summed E-state index contributed by atoms with van der Waals surface area (Å²) in [6, 6.07) is 16.4. The van der Waals surface area contributed by atoms with Crippen LogP contribution >= 0.6 is 23.2 Å². The van der Waals surface area contributed by atoms with Gasteiger partial charge in [0.05, 0.1) is 0 Å². The number of nitrogens with one attached hydrogen (secondary N) is 1. The predicted octanol–water partition coefficient (Wildman–Crippen LogP) is 5.28. The van der Waals surface area contributed by atoms with Gasteiger partial charge in [-0.1, -0.05) is 54.4 Å². The summed E-state index contributed by atoms with van der Waals surface area (Å²) in [5, 5.41) is 5.14. The van der Waals surface area contributed by atoms with Gasteiger partial charge in [0.15, 0.2) is 0 Å². The molecule has 20 heavy (non-hydrogen) atoms. The summed E-state index contributed by atoms with van der Waals surface area (Å²) < 4.78 is 0. The van der Waals surface area contributed by atoms with Crippen molar-refractivity contribution in [3.63, 3.8) is 0 Å². The van der Waals surface area contributed by atoms with E-state index in [0.717, 1.165) is 29.4 Å². The summed E-state index contributed by atoms with van der Waals surface area (Å²) in [5.41, 5.74) is 2.49. The van der Waals surface area contributed by atoms with Crippen LogP contribution in [0.5, 0.6) is 0 Å². The van der Waals surface area contributed by atoms with E-state index in [4.69, 9.17) is 23.2 Å². The maximum Gasteiger partial charge on any atom is 0.0409 e. The normalized spacial score (nSPS) is 12.3. The number of rotatable bonds is 6. The fourth-order valence-electron chi connectivity index (χ4n) is 2.21. The topological polar surface area (TPSA) is 12.0 Å². The molecule has 2 aromatic carbocycles. The van der Waals surface area contributed by atoms with Crippen molar-refractivity contribution in [3.05, 3.63) is 69.7 Å². The van der Waals surface area contributed by atoms with E-state index in [1.807, 2.05) is 30.3 Å². The van der Waals surface area contributed by atoms with Gasteiger partial charge >= 0.3 is 0 Å². The zero-order chi connectivity index (χ0) is 14.4. The molecule has 0 saturated carbocycles. The van der Waals surface area contributed by atoms with Crippen LogP contribution in [0.4, 0.5) is 0 Å². The molecule has 0 aliphatic rings. The summed E-state index contributed by atoms with van der Waals surface area (Å²) in [5.74, 6) is 0. The minimum absolute atomic E-state index is 0.273. The number of hydrogen-bond acceptors (Lipinski definition) is 1. The van der Waals surface area contributed by atoms with Crippen LogP contribution in [0.3, 0.4) is 0 Å². The molecule has 1 atom stereocenters. The Hall–Kier alpha value is -1.02. The van der Waals surface area contributed by atoms with Crippen LogP contribution in [-0.4, -0.2) is 6.54 Å². The Morgan fingerprint density at radius 2 is 1.75 bits per heavy atom. The van der Waals surface area contributed by atoms with Gasteiger partial charge in [-0.25, -0.2) is 0 Å². The third-order valence-electron chi connectivity index (χ3n) is 3.24. The quantitative estimate of drug-likeness (QED) is 0.766. The summed E-state index contributed by atoms with van der Waals surface area (Å²) in [6.07, 6.45) is 2.04. The molecule has 0 amide bonds. The van der Waals surface area contributed by atoms with Crippen LogP contribution in [0.25, 0.3) is 0 Å². The fourth-order valence-corrected chi connectivity index (χ4v) is 2.53. The largest absolute Gasteiger partial charge is 0.310 e. The van der Waals surface area contributed by atoms with Crippen LogP contribution < -0.4 is 5.32 Å². The molecular formula is C17H19Cl2N. The second kappa shape index (κ2) is 7.68. The highest BCUT2D eigenvalue weighted by Gasteiger charge is 2.11. The first-order chi connectivity index (χ1) is 9.69. The maximum atomic E-state index is 6.10. The van der Waals surface area contributed by atoms with Gasteiger partial charge in [0.2, 0.25) is 0 Å². The van der Waals surface area contributed by atoms with Gasteiger partial charge in [-0.3, -0.25) is 0 Å². The van der Waals surface area contributed by atoms with E-state index in [0.29, 0.717) is 0 Å². The molecule has 0 radical (unpaired) electrons. The molecule has 0 spiro atoms. The van der Waals surface area contributed by atoms with Crippen molar-refractivity contribution in [2.24, 2.45) is 0 Å². The third-order valence-corrected chi connectivity index (χ3v) is 3.73. The second-order valence-corrected chi connectivity index (χ2v) is 5.77. The average molecular weight is 308 g/mol. The molecule has 0 fully saturated rings. The first-order valence-electron chi connectivity index (χ1n) is 6.92. The Labute approximate surface area is 130 Å². The molecule has 1 nitrogen and oxygen atoms in total. The highest BCUT2D eigenvalue weighted by Crippen LogP contribution is 2.22. The van der Waals surface area contributed by atoms with Crippen LogP contribution in [0.2, 0.25) is 10.0 Å². The first kappa shape index (κ1) is 15.4. The lowest BCUT2D eigenvalue weighted by Crippen LogP contribution is -2.24. The lowest BCUT2D eigenvalue weighted by Gasteiger charge is -2.19. The van der Waals surface area contributed by atoms with Crippen LogP contribution in [0.1, 0.15) is 30.5 Å². The summed E-state index contributed by atoms with van der Waals surface area (Å²) in [4.78, 5) is 0. The fraction of sp³-hybridized carbons (Fsp3) is 0.294.